The molecule has 0 saturated carbocycles. The van der Waals surface area contributed by atoms with Crippen molar-refractivity contribution in [3.8, 4) is 5.75 Å². The van der Waals surface area contributed by atoms with Crippen LogP contribution in [-0.4, -0.2) is 11.0 Å². The van der Waals surface area contributed by atoms with Gasteiger partial charge in [0.15, 0.2) is 6.10 Å². The maximum absolute atomic E-state index is 13.1. The van der Waals surface area contributed by atoms with Gasteiger partial charge >= 0.3 is 0 Å². The molecule has 2 unspecified atom stereocenters. The highest BCUT2D eigenvalue weighted by Crippen LogP contribution is 2.26. The molecule has 5 heteroatoms. The Morgan fingerprint density at radius 3 is 2.68 bits per heavy atom. The molecule has 0 saturated heterocycles. The number of halogens is 2. The molecule has 0 aliphatic carbocycles. The number of hydrogen-bond donors (Lipinski definition) is 1. The number of hydrogen-bond acceptors (Lipinski definition) is 3. The van der Waals surface area contributed by atoms with Crippen molar-refractivity contribution in [1.82, 2.24) is 4.98 Å². The number of aromatic nitrogens is 1. The monoisotopic (exact) mass is 280 g/mol. The second-order valence-corrected chi connectivity index (χ2v) is 4.64. The molecule has 1 aromatic carbocycles. The van der Waals surface area contributed by atoms with Crippen molar-refractivity contribution in [3.63, 3.8) is 0 Å². The van der Waals surface area contributed by atoms with Gasteiger partial charge in [-0.25, -0.2) is 4.39 Å². The average Bonchev–Trinajstić information content (AvgIpc) is 2.40. The zero-order valence-electron chi connectivity index (χ0n) is 10.4. The number of rotatable bonds is 4. The highest BCUT2D eigenvalue weighted by atomic mass is 35.5. The van der Waals surface area contributed by atoms with Crippen LogP contribution in [0.1, 0.15) is 18.7 Å². The highest BCUT2D eigenvalue weighted by molar-refractivity contribution is 6.30. The number of benzene rings is 1. The van der Waals surface area contributed by atoms with Gasteiger partial charge in [-0.2, -0.15) is 0 Å². The Kier molecular flexibility index (Phi) is 4.35. The van der Waals surface area contributed by atoms with Gasteiger partial charge in [-0.1, -0.05) is 17.7 Å². The number of nitrogens with zero attached hydrogens (tertiary/aromatic N) is 1. The summed E-state index contributed by atoms with van der Waals surface area (Å²) in [4.78, 5) is 4.22. The molecule has 2 atom stereocenters. The minimum atomic E-state index is -0.482. The zero-order valence-corrected chi connectivity index (χ0v) is 11.1. The summed E-state index contributed by atoms with van der Waals surface area (Å²) in [5.41, 5.74) is 6.63. The van der Waals surface area contributed by atoms with Crippen molar-refractivity contribution < 1.29 is 9.13 Å². The summed E-state index contributed by atoms with van der Waals surface area (Å²) in [6.07, 6.45) is 1.26. The smallest absolute Gasteiger partial charge is 0.155 e. The van der Waals surface area contributed by atoms with Crippen LogP contribution in [0.5, 0.6) is 5.75 Å². The van der Waals surface area contributed by atoms with Crippen LogP contribution in [-0.2, 0) is 0 Å². The highest BCUT2D eigenvalue weighted by Gasteiger charge is 2.19. The van der Waals surface area contributed by atoms with E-state index in [-0.39, 0.29) is 11.1 Å². The van der Waals surface area contributed by atoms with Crippen LogP contribution >= 0.6 is 11.6 Å². The Hall–Kier alpha value is -1.65. The maximum atomic E-state index is 13.1. The summed E-state index contributed by atoms with van der Waals surface area (Å²) in [6.45, 7) is 1.82. The third-order valence-corrected chi connectivity index (χ3v) is 2.90. The molecule has 0 spiro atoms. The normalized spacial score (nSPS) is 13.9. The first kappa shape index (κ1) is 13.8. The molecule has 19 heavy (non-hydrogen) atoms. The van der Waals surface area contributed by atoms with Crippen molar-refractivity contribution in [1.29, 1.82) is 0 Å². The Bertz CT molecular complexity index is 548. The third kappa shape index (κ3) is 3.43. The summed E-state index contributed by atoms with van der Waals surface area (Å²) in [7, 11) is 0. The fraction of sp³-hybridized carbons (Fsp3) is 0.214. The van der Waals surface area contributed by atoms with E-state index >= 15 is 0 Å². The minimum absolute atomic E-state index is 0.0157. The molecule has 2 rings (SSSR count). The molecular formula is C14H14ClFN2O. The van der Waals surface area contributed by atoms with Crippen LogP contribution < -0.4 is 10.5 Å². The van der Waals surface area contributed by atoms with Crippen molar-refractivity contribution in [2.75, 3.05) is 0 Å². The molecule has 0 amide bonds. The molecule has 0 radical (unpaired) electrons. The lowest BCUT2D eigenvalue weighted by molar-refractivity contribution is 0.175. The maximum Gasteiger partial charge on any atom is 0.155 e. The standard InChI is InChI=1S/C14H14ClFN2O/c1-9(17)14(13-4-2-3-7-18-13)19-10-5-6-12(16)11(15)8-10/h2-9,14H,17H2,1H3. The Morgan fingerprint density at radius 2 is 2.11 bits per heavy atom. The van der Waals surface area contributed by atoms with E-state index in [0.717, 1.165) is 5.69 Å². The van der Waals surface area contributed by atoms with E-state index in [1.807, 2.05) is 25.1 Å². The van der Waals surface area contributed by atoms with E-state index in [0.29, 0.717) is 5.75 Å². The summed E-state index contributed by atoms with van der Waals surface area (Å²) in [5.74, 6) is -0.0245. The fourth-order valence-electron chi connectivity index (χ4n) is 1.68. The lowest BCUT2D eigenvalue weighted by Gasteiger charge is -2.22. The Labute approximate surface area is 116 Å². The summed E-state index contributed by atoms with van der Waals surface area (Å²) in [6, 6.07) is 9.44. The predicted octanol–water partition coefficient (Wildman–Crippen LogP) is 3.34. The van der Waals surface area contributed by atoms with E-state index in [1.54, 1.807) is 6.20 Å². The summed E-state index contributed by atoms with van der Waals surface area (Å²) in [5, 5.41) is 0.0157. The third-order valence-electron chi connectivity index (χ3n) is 2.61. The molecule has 0 bridgehead atoms. The van der Waals surface area contributed by atoms with E-state index < -0.39 is 11.9 Å². The van der Waals surface area contributed by atoms with Gasteiger partial charge in [0, 0.05) is 18.3 Å². The van der Waals surface area contributed by atoms with Crippen LogP contribution in [0.15, 0.2) is 42.6 Å². The van der Waals surface area contributed by atoms with Crippen molar-refractivity contribution in [2.24, 2.45) is 5.73 Å². The quantitative estimate of drug-likeness (QED) is 0.934. The molecule has 1 heterocycles. The van der Waals surface area contributed by atoms with Gasteiger partial charge in [-0.3, -0.25) is 4.98 Å². The first-order valence-electron chi connectivity index (χ1n) is 5.86. The molecule has 2 aromatic rings. The van der Waals surface area contributed by atoms with Crippen LogP contribution in [0.2, 0.25) is 5.02 Å². The molecule has 2 N–H and O–H groups in total. The van der Waals surface area contributed by atoms with Gasteiger partial charge in [0.1, 0.15) is 11.6 Å². The van der Waals surface area contributed by atoms with Crippen LogP contribution in [0.25, 0.3) is 0 Å². The van der Waals surface area contributed by atoms with Gasteiger partial charge in [0.2, 0.25) is 0 Å². The van der Waals surface area contributed by atoms with Gasteiger partial charge in [-0.15, -0.1) is 0 Å². The zero-order chi connectivity index (χ0) is 13.8. The molecule has 3 nitrogen and oxygen atoms in total. The minimum Gasteiger partial charge on any atom is -0.482 e. The molecular weight excluding hydrogens is 267 g/mol. The number of pyridine rings is 1. The summed E-state index contributed by atoms with van der Waals surface area (Å²) < 4.78 is 18.9. The number of ether oxygens (including phenoxy) is 1. The van der Waals surface area contributed by atoms with E-state index in [1.165, 1.54) is 18.2 Å². The average molecular weight is 281 g/mol. The topological polar surface area (TPSA) is 48.1 Å². The summed E-state index contributed by atoms with van der Waals surface area (Å²) >= 11 is 5.72. The van der Waals surface area contributed by atoms with Crippen LogP contribution in [0.4, 0.5) is 4.39 Å². The first-order chi connectivity index (χ1) is 9.08. The van der Waals surface area contributed by atoms with Crippen molar-refractivity contribution in [3.05, 3.63) is 59.1 Å². The second kappa shape index (κ2) is 5.99. The Balaban J connectivity index is 2.24. The fourth-order valence-corrected chi connectivity index (χ4v) is 1.85. The SMILES string of the molecule is CC(N)C(Oc1ccc(F)c(Cl)c1)c1ccccn1. The Morgan fingerprint density at radius 1 is 1.32 bits per heavy atom. The largest absolute Gasteiger partial charge is 0.482 e. The van der Waals surface area contributed by atoms with E-state index in [2.05, 4.69) is 4.98 Å². The first-order valence-corrected chi connectivity index (χ1v) is 6.24. The molecule has 0 aliphatic heterocycles. The lowest BCUT2D eigenvalue weighted by atomic mass is 10.1. The molecule has 0 fully saturated rings. The van der Waals surface area contributed by atoms with E-state index in [9.17, 15) is 4.39 Å². The van der Waals surface area contributed by atoms with Gasteiger partial charge in [0.05, 0.1) is 10.7 Å². The molecule has 100 valence electrons. The van der Waals surface area contributed by atoms with Gasteiger partial charge < -0.3 is 10.5 Å². The lowest BCUT2D eigenvalue weighted by Crippen LogP contribution is -2.29. The van der Waals surface area contributed by atoms with E-state index in [4.69, 9.17) is 22.1 Å². The molecule has 0 aliphatic rings. The second-order valence-electron chi connectivity index (χ2n) is 4.23. The van der Waals surface area contributed by atoms with Crippen LogP contribution in [0.3, 0.4) is 0 Å². The van der Waals surface area contributed by atoms with Crippen molar-refractivity contribution >= 4 is 11.6 Å². The molecule has 1 aromatic heterocycles. The van der Waals surface area contributed by atoms with Crippen LogP contribution in [0, 0.1) is 5.82 Å². The van der Waals surface area contributed by atoms with Crippen molar-refractivity contribution in [2.45, 2.75) is 19.1 Å². The van der Waals surface area contributed by atoms with Gasteiger partial charge in [-0.05, 0) is 31.2 Å². The van der Waals surface area contributed by atoms with Gasteiger partial charge in [0.25, 0.3) is 0 Å². The predicted molar refractivity (Wildman–Crippen MR) is 72.7 cm³/mol. The number of nitrogens with two attached hydrogens (primary N) is 1.